The van der Waals surface area contributed by atoms with Crippen molar-refractivity contribution in [3.8, 4) is 38.1 Å². The summed E-state index contributed by atoms with van der Waals surface area (Å²) in [5.74, 6) is -0.603. The maximum absolute atomic E-state index is 13.9. The van der Waals surface area contributed by atoms with E-state index in [1.165, 1.54) is 16.2 Å². The van der Waals surface area contributed by atoms with Crippen molar-refractivity contribution in [2.45, 2.75) is 58.3 Å². The van der Waals surface area contributed by atoms with Gasteiger partial charge in [0.25, 0.3) is 0 Å². The van der Waals surface area contributed by atoms with Crippen LogP contribution in [-0.2, 0) is 35.1 Å². The van der Waals surface area contributed by atoms with Crippen LogP contribution in [-0.4, -0.2) is 120 Å². The molecule has 0 saturated carbocycles. The molecule has 358 valence electrons. The third-order valence-corrected chi connectivity index (χ3v) is 13.4. The van der Waals surface area contributed by atoms with Crippen molar-refractivity contribution in [2.24, 2.45) is 5.92 Å². The Bertz CT molecular complexity index is 2650. The first-order valence-corrected chi connectivity index (χ1v) is 24.1. The number of nitrogens with one attached hydrogen (secondary N) is 2. The Kier molecular flexibility index (Phi) is 17.3. The van der Waals surface area contributed by atoms with Crippen molar-refractivity contribution < 1.29 is 53.4 Å². The lowest BCUT2D eigenvalue weighted by atomic mass is 9.97. The Morgan fingerprint density at radius 3 is 2.13 bits per heavy atom. The average Bonchev–Trinajstić information content (AvgIpc) is 4.05. The standard InChI is InChI=1S/C51H56N4O11S2/c1-31(2)24-42(51(62)55-28-39(58)25-43(55)50(61)52-27-33-4-6-35(7-5-33)48-32(3)53-30-67-48)54-45(59)29-65-21-20-63-18-19-64-22-23-66-40-15-10-34(11-16-40)47(60)46-41-17-14-38(57)26-44(41)68-49(46)36-8-12-37(56)13-9-36/h4-17,26,30-31,39,42-43,56-58H,18-25,27-29H2,1-3H3,(H,52,61)(H,54,59)/t39-,42?,43+/m1/s1. The molecule has 2 aromatic heterocycles. The number of ether oxygens (including phenoxy) is 4. The molecule has 4 aromatic carbocycles. The first-order chi connectivity index (χ1) is 32.8. The van der Waals surface area contributed by atoms with E-state index in [1.807, 2.05) is 50.5 Å². The number of aromatic hydroxyl groups is 2. The van der Waals surface area contributed by atoms with Crippen LogP contribution in [0.4, 0.5) is 0 Å². The maximum Gasteiger partial charge on any atom is 0.246 e. The molecule has 6 aromatic rings. The number of thiophene rings is 1. The summed E-state index contributed by atoms with van der Waals surface area (Å²) >= 11 is 2.97. The molecule has 1 aliphatic heterocycles. The van der Waals surface area contributed by atoms with E-state index in [9.17, 15) is 34.5 Å². The molecule has 1 unspecified atom stereocenters. The highest BCUT2D eigenvalue weighted by Crippen LogP contribution is 2.41. The molecule has 68 heavy (non-hydrogen) atoms. The number of β-amino-alcohol motifs (C(OH)–C–C–N with tert-alkyl or cyclic N) is 1. The van der Waals surface area contributed by atoms with Crippen LogP contribution in [0.25, 0.3) is 31.0 Å². The predicted molar refractivity (Wildman–Crippen MR) is 260 cm³/mol. The number of hydrogen-bond acceptors (Lipinski definition) is 14. The predicted octanol–water partition coefficient (Wildman–Crippen LogP) is 6.88. The molecular weight excluding hydrogens is 909 g/mol. The number of ketones is 1. The molecule has 1 saturated heterocycles. The quantitative estimate of drug-likeness (QED) is 0.0329. The summed E-state index contributed by atoms with van der Waals surface area (Å²) in [7, 11) is 0. The molecule has 1 aliphatic rings. The SMILES string of the molecule is Cc1ncsc1-c1ccc(CNC(=O)[C@@H]2C[C@@H](O)CN2C(=O)C(CC(C)C)NC(=O)COCCOCCOCCOc2ccc(C(=O)c3c(-c4ccc(O)cc4)sc4cc(O)ccc34)cc2)cc1. The number of phenolic OH excluding ortho intramolecular Hbond substituents is 2. The minimum Gasteiger partial charge on any atom is -0.508 e. The summed E-state index contributed by atoms with van der Waals surface area (Å²) in [4.78, 5) is 61.5. The van der Waals surface area contributed by atoms with Gasteiger partial charge in [0.2, 0.25) is 17.7 Å². The number of rotatable bonds is 23. The molecule has 3 atom stereocenters. The van der Waals surface area contributed by atoms with Gasteiger partial charge in [0.05, 0.1) is 55.2 Å². The molecule has 7 rings (SSSR count). The fourth-order valence-electron chi connectivity index (χ4n) is 7.89. The average molecular weight is 965 g/mol. The van der Waals surface area contributed by atoms with Crippen molar-refractivity contribution in [2.75, 3.05) is 52.8 Å². The van der Waals surface area contributed by atoms with Gasteiger partial charge in [-0.25, -0.2) is 4.98 Å². The Morgan fingerprint density at radius 2 is 1.46 bits per heavy atom. The number of aliphatic hydroxyl groups is 1. The number of aliphatic hydroxyl groups excluding tert-OH is 1. The van der Waals surface area contributed by atoms with Crippen molar-refractivity contribution in [3.63, 3.8) is 0 Å². The van der Waals surface area contributed by atoms with Gasteiger partial charge >= 0.3 is 0 Å². The number of thiazole rings is 1. The topological polar surface area (TPSA) is 206 Å². The number of nitrogens with zero attached hydrogens (tertiary/aromatic N) is 2. The van der Waals surface area contributed by atoms with E-state index < -0.39 is 30.0 Å². The lowest BCUT2D eigenvalue weighted by molar-refractivity contribution is -0.142. The van der Waals surface area contributed by atoms with Gasteiger partial charge in [-0.1, -0.05) is 38.1 Å². The molecule has 5 N–H and O–H groups in total. The molecule has 15 nitrogen and oxygen atoms in total. The molecule has 0 radical (unpaired) electrons. The van der Waals surface area contributed by atoms with Crippen LogP contribution in [0.3, 0.4) is 0 Å². The summed E-state index contributed by atoms with van der Waals surface area (Å²) in [5.41, 5.74) is 6.48. The van der Waals surface area contributed by atoms with E-state index in [0.717, 1.165) is 42.2 Å². The van der Waals surface area contributed by atoms with Gasteiger partial charge in [-0.15, -0.1) is 22.7 Å². The molecule has 3 amide bonds. The van der Waals surface area contributed by atoms with Crippen LogP contribution in [0, 0.1) is 12.8 Å². The fraction of sp³-hybridized carbons (Fsp3) is 0.353. The molecule has 1 fully saturated rings. The third-order valence-electron chi connectivity index (χ3n) is 11.3. The smallest absolute Gasteiger partial charge is 0.246 e. The maximum atomic E-state index is 13.9. The van der Waals surface area contributed by atoms with Gasteiger partial charge in [-0.3, -0.25) is 19.2 Å². The van der Waals surface area contributed by atoms with Crippen molar-refractivity contribution >= 4 is 56.3 Å². The Balaban J connectivity index is 0.777. The van der Waals surface area contributed by atoms with Crippen LogP contribution < -0.4 is 15.4 Å². The molecule has 0 aliphatic carbocycles. The molecule has 0 spiro atoms. The van der Waals surface area contributed by atoms with Crippen molar-refractivity contribution in [1.82, 2.24) is 20.5 Å². The number of hydrogen-bond donors (Lipinski definition) is 5. The number of aromatic nitrogens is 1. The number of carbonyl (C=O) groups is 4. The summed E-state index contributed by atoms with van der Waals surface area (Å²) < 4.78 is 23.3. The van der Waals surface area contributed by atoms with Crippen LogP contribution in [0.5, 0.6) is 17.2 Å². The van der Waals surface area contributed by atoms with E-state index in [1.54, 1.807) is 78.1 Å². The highest BCUT2D eigenvalue weighted by Gasteiger charge is 2.41. The lowest BCUT2D eigenvalue weighted by Gasteiger charge is -2.29. The van der Waals surface area contributed by atoms with Crippen LogP contribution in [0.2, 0.25) is 0 Å². The lowest BCUT2D eigenvalue weighted by Crippen LogP contribution is -2.54. The van der Waals surface area contributed by atoms with Gasteiger partial charge in [0.1, 0.15) is 42.5 Å². The second-order valence-corrected chi connectivity index (χ2v) is 18.7. The Morgan fingerprint density at radius 1 is 0.809 bits per heavy atom. The first-order valence-electron chi connectivity index (χ1n) is 22.4. The van der Waals surface area contributed by atoms with Gasteiger partial charge in [0, 0.05) is 45.6 Å². The summed E-state index contributed by atoms with van der Waals surface area (Å²) in [6, 6.07) is 24.5. The molecule has 0 bridgehead atoms. The Labute approximate surface area is 402 Å². The van der Waals surface area contributed by atoms with E-state index in [2.05, 4.69) is 15.6 Å². The van der Waals surface area contributed by atoms with Gasteiger partial charge in [-0.05, 0) is 103 Å². The summed E-state index contributed by atoms with van der Waals surface area (Å²) in [5, 5.41) is 36.8. The van der Waals surface area contributed by atoms with Crippen molar-refractivity contribution in [3.05, 3.63) is 119 Å². The second-order valence-electron chi connectivity index (χ2n) is 16.8. The summed E-state index contributed by atoms with van der Waals surface area (Å²) in [6.45, 7) is 7.29. The molecule has 17 heteroatoms. The van der Waals surface area contributed by atoms with E-state index in [-0.39, 0.29) is 81.7 Å². The van der Waals surface area contributed by atoms with E-state index >= 15 is 0 Å². The van der Waals surface area contributed by atoms with Crippen molar-refractivity contribution in [1.29, 1.82) is 0 Å². The monoisotopic (exact) mass is 964 g/mol. The van der Waals surface area contributed by atoms with E-state index in [4.69, 9.17) is 18.9 Å². The number of carbonyl (C=O) groups excluding carboxylic acids is 4. The number of benzene rings is 4. The van der Waals surface area contributed by atoms with Gasteiger partial charge in [0.15, 0.2) is 5.78 Å². The fourth-order valence-corrected chi connectivity index (χ4v) is 9.94. The van der Waals surface area contributed by atoms with E-state index in [0.29, 0.717) is 36.5 Å². The zero-order valence-corrected chi connectivity index (χ0v) is 39.8. The normalized spacial score (nSPS) is 15.2. The number of phenols is 2. The minimum atomic E-state index is -0.905. The zero-order valence-electron chi connectivity index (χ0n) is 38.1. The number of amides is 3. The Hall–Kier alpha value is -6.21. The highest BCUT2D eigenvalue weighted by atomic mass is 32.1. The minimum absolute atomic E-state index is 0.0128. The summed E-state index contributed by atoms with van der Waals surface area (Å²) in [6.07, 6.45) is -0.435. The number of likely N-dealkylation sites (tertiary alicyclic amines) is 1. The van der Waals surface area contributed by atoms with Gasteiger partial charge in [-0.2, -0.15) is 0 Å². The highest BCUT2D eigenvalue weighted by molar-refractivity contribution is 7.22. The second kappa shape index (κ2) is 23.7. The zero-order chi connectivity index (χ0) is 48.2. The van der Waals surface area contributed by atoms with Crippen LogP contribution in [0.1, 0.15) is 53.9 Å². The number of aryl methyl sites for hydroxylation is 1. The molecular formula is C51H56N4O11S2. The third kappa shape index (κ3) is 13.1. The van der Waals surface area contributed by atoms with Crippen LogP contribution in [0.15, 0.2) is 96.5 Å². The number of fused-ring (bicyclic) bond motifs is 1. The molecule has 3 heterocycles. The van der Waals surface area contributed by atoms with Gasteiger partial charge < -0.3 is 49.8 Å². The van der Waals surface area contributed by atoms with Crippen LogP contribution >= 0.6 is 22.7 Å². The largest absolute Gasteiger partial charge is 0.508 e. The first kappa shape index (κ1) is 49.7.